The van der Waals surface area contributed by atoms with Crippen molar-refractivity contribution in [1.29, 1.82) is 0 Å². The highest BCUT2D eigenvalue weighted by Crippen LogP contribution is 2.26. The number of thiazole rings is 1. The van der Waals surface area contributed by atoms with Crippen LogP contribution in [0.5, 0.6) is 0 Å². The lowest BCUT2D eigenvalue weighted by Crippen LogP contribution is -2.41. The number of anilines is 1. The Bertz CT molecular complexity index is 1280. The molecule has 4 rings (SSSR count). The van der Waals surface area contributed by atoms with Crippen LogP contribution in [0.4, 0.5) is 5.13 Å². The van der Waals surface area contributed by atoms with Crippen LogP contribution < -0.4 is 9.62 Å². The second-order valence-electron chi connectivity index (χ2n) is 7.00. The van der Waals surface area contributed by atoms with Crippen LogP contribution in [-0.2, 0) is 14.8 Å². The van der Waals surface area contributed by atoms with Gasteiger partial charge in [0, 0.05) is 11.6 Å². The van der Waals surface area contributed by atoms with Gasteiger partial charge in [-0.2, -0.15) is 0 Å². The van der Waals surface area contributed by atoms with Gasteiger partial charge in [-0.3, -0.25) is 4.79 Å². The van der Waals surface area contributed by atoms with Crippen molar-refractivity contribution in [2.24, 2.45) is 0 Å². The van der Waals surface area contributed by atoms with E-state index in [0.717, 1.165) is 20.6 Å². The number of benzene rings is 3. The molecular weight excluding hydrogens is 430 g/mol. The van der Waals surface area contributed by atoms with Gasteiger partial charge in [0.15, 0.2) is 5.13 Å². The molecule has 0 saturated carbocycles. The number of nitrogens with zero attached hydrogens (tertiary/aromatic N) is 2. The van der Waals surface area contributed by atoms with E-state index in [2.05, 4.69) is 10.3 Å². The van der Waals surface area contributed by atoms with Crippen LogP contribution in [-0.4, -0.2) is 25.9 Å². The van der Waals surface area contributed by atoms with Gasteiger partial charge in [-0.05, 0) is 35.4 Å². The molecule has 4 aromatic rings. The van der Waals surface area contributed by atoms with Crippen molar-refractivity contribution in [2.75, 3.05) is 10.8 Å². The smallest absolute Gasteiger partial charge is 0.266 e. The summed E-state index contributed by atoms with van der Waals surface area (Å²) in [6.07, 6.45) is 1.52. The molecule has 0 radical (unpaired) electrons. The third-order valence-electron chi connectivity index (χ3n) is 4.92. The molecule has 1 unspecified atom stereocenters. The number of amides is 1. The fraction of sp³-hybridized carbons (Fsp3) is 0.130. The second kappa shape index (κ2) is 8.87. The number of rotatable bonds is 7. The van der Waals surface area contributed by atoms with Gasteiger partial charge in [-0.15, -0.1) is 11.3 Å². The number of hydrogen-bond acceptors (Lipinski definition) is 5. The Morgan fingerprint density at radius 3 is 2.48 bits per heavy atom. The molecule has 1 amide bonds. The lowest BCUT2D eigenvalue weighted by atomic mass is 10.00. The van der Waals surface area contributed by atoms with Crippen molar-refractivity contribution in [2.45, 2.75) is 17.9 Å². The van der Waals surface area contributed by atoms with E-state index < -0.39 is 15.9 Å². The van der Waals surface area contributed by atoms with Gasteiger partial charge in [0.25, 0.3) is 10.0 Å². The van der Waals surface area contributed by atoms with E-state index in [9.17, 15) is 13.2 Å². The largest absolute Gasteiger partial charge is 0.348 e. The van der Waals surface area contributed by atoms with Crippen molar-refractivity contribution in [3.8, 4) is 0 Å². The molecule has 3 aromatic carbocycles. The maximum atomic E-state index is 13.2. The summed E-state index contributed by atoms with van der Waals surface area (Å²) in [6.45, 7) is 1.53. The average Bonchev–Trinajstić information content (AvgIpc) is 3.32. The topological polar surface area (TPSA) is 79.4 Å². The van der Waals surface area contributed by atoms with Crippen molar-refractivity contribution in [3.05, 3.63) is 89.9 Å². The van der Waals surface area contributed by atoms with Gasteiger partial charge in [0.05, 0.1) is 10.9 Å². The Hall–Kier alpha value is -3.23. The van der Waals surface area contributed by atoms with Gasteiger partial charge >= 0.3 is 0 Å². The lowest BCUT2D eigenvalue weighted by Gasteiger charge is -2.23. The SMILES string of the molecule is CC(NC(=O)CN(c1nccs1)S(=O)(=O)c1ccccc1)c1cccc2ccccc12. The zero-order valence-corrected chi connectivity index (χ0v) is 18.4. The van der Waals surface area contributed by atoms with Crippen molar-refractivity contribution in [3.63, 3.8) is 0 Å². The first-order chi connectivity index (χ1) is 15.0. The van der Waals surface area contributed by atoms with Crippen LogP contribution in [0.1, 0.15) is 18.5 Å². The molecule has 1 N–H and O–H groups in total. The van der Waals surface area contributed by atoms with Gasteiger partial charge in [-0.25, -0.2) is 17.7 Å². The molecule has 1 heterocycles. The van der Waals surface area contributed by atoms with Crippen LogP contribution in [0.25, 0.3) is 10.8 Å². The molecule has 6 nitrogen and oxygen atoms in total. The number of nitrogens with one attached hydrogen (secondary N) is 1. The predicted octanol–water partition coefficient (Wildman–Crippen LogP) is 4.37. The minimum atomic E-state index is -3.93. The van der Waals surface area contributed by atoms with E-state index in [0.29, 0.717) is 0 Å². The molecule has 0 aliphatic heterocycles. The first-order valence-corrected chi connectivity index (χ1v) is 12.0. The highest BCUT2D eigenvalue weighted by atomic mass is 32.2. The summed E-state index contributed by atoms with van der Waals surface area (Å²) in [4.78, 5) is 17.1. The molecule has 0 spiro atoms. The molecule has 8 heteroatoms. The molecule has 0 saturated heterocycles. The first-order valence-electron chi connectivity index (χ1n) is 9.71. The summed E-state index contributed by atoms with van der Waals surface area (Å²) >= 11 is 1.17. The van der Waals surface area contributed by atoms with E-state index in [1.807, 2.05) is 49.4 Å². The standard InChI is InChI=1S/C23H21N3O3S2/c1-17(20-13-7-9-18-8-5-6-12-21(18)20)25-22(27)16-26(23-24-14-15-30-23)31(28,29)19-10-3-2-4-11-19/h2-15,17H,16H2,1H3,(H,25,27). The summed E-state index contributed by atoms with van der Waals surface area (Å²) < 4.78 is 27.5. The molecule has 31 heavy (non-hydrogen) atoms. The van der Waals surface area contributed by atoms with Gasteiger partial charge < -0.3 is 5.32 Å². The molecule has 158 valence electrons. The van der Waals surface area contributed by atoms with Crippen molar-refractivity contribution in [1.82, 2.24) is 10.3 Å². The zero-order chi connectivity index (χ0) is 21.8. The Morgan fingerprint density at radius 1 is 1.03 bits per heavy atom. The minimum Gasteiger partial charge on any atom is -0.348 e. The Kier molecular flexibility index (Phi) is 6.01. The van der Waals surface area contributed by atoms with Gasteiger partial charge in [0.1, 0.15) is 6.54 Å². The number of sulfonamides is 1. The van der Waals surface area contributed by atoms with E-state index in [1.54, 1.807) is 23.6 Å². The lowest BCUT2D eigenvalue weighted by molar-refractivity contribution is -0.120. The maximum Gasteiger partial charge on any atom is 0.266 e. The number of carbonyl (C=O) groups excluding carboxylic acids is 1. The molecule has 1 aromatic heterocycles. The van der Waals surface area contributed by atoms with Crippen molar-refractivity contribution >= 4 is 43.2 Å². The zero-order valence-electron chi connectivity index (χ0n) is 16.8. The third kappa shape index (κ3) is 4.45. The van der Waals surface area contributed by atoms with Crippen molar-refractivity contribution < 1.29 is 13.2 Å². The molecule has 0 aliphatic rings. The number of aromatic nitrogens is 1. The summed E-state index contributed by atoms with van der Waals surface area (Å²) in [5, 5.41) is 6.99. The Labute approximate surface area is 185 Å². The fourth-order valence-corrected chi connectivity index (χ4v) is 5.70. The highest BCUT2D eigenvalue weighted by molar-refractivity contribution is 7.93. The number of hydrogen-bond donors (Lipinski definition) is 1. The first kappa shape index (κ1) is 21.0. The average molecular weight is 452 g/mol. The quantitative estimate of drug-likeness (QED) is 0.453. The molecule has 1 atom stereocenters. The van der Waals surface area contributed by atoms with Crippen LogP contribution in [0.3, 0.4) is 0 Å². The van der Waals surface area contributed by atoms with E-state index >= 15 is 0 Å². The third-order valence-corrected chi connectivity index (χ3v) is 7.58. The fourth-order valence-electron chi connectivity index (χ4n) is 3.44. The monoisotopic (exact) mass is 451 g/mol. The van der Waals surface area contributed by atoms with E-state index in [1.165, 1.54) is 29.7 Å². The minimum absolute atomic E-state index is 0.111. The molecular formula is C23H21N3O3S2. The van der Waals surface area contributed by atoms with Crippen LogP contribution in [0.2, 0.25) is 0 Å². The molecule has 0 fully saturated rings. The van der Waals surface area contributed by atoms with E-state index in [4.69, 9.17) is 0 Å². The van der Waals surface area contributed by atoms with Crippen LogP contribution in [0.15, 0.2) is 89.3 Å². The summed E-state index contributed by atoms with van der Waals surface area (Å²) in [5.41, 5.74) is 0.971. The Morgan fingerprint density at radius 2 is 1.74 bits per heavy atom. The van der Waals surface area contributed by atoms with E-state index in [-0.39, 0.29) is 22.6 Å². The van der Waals surface area contributed by atoms with Gasteiger partial charge in [0.2, 0.25) is 5.91 Å². The molecule has 0 aliphatic carbocycles. The summed E-state index contributed by atoms with van der Waals surface area (Å²) in [7, 11) is -3.93. The summed E-state index contributed by atoms with van der Waals surface area (Å²) in [6, 6.07) is 21.6. The summed E-state index contributed by atoms with van der Waals surface area (Å²) in [5.74, 6) is -0.407. The maximum absolute atomic E-state index is 13.2. The van der Waals surface area contributed by atoms with Crippen LogP contribution >= 0.6 is 11.3 Å². The van der Waals surface area contributed by atoms with Gasteiger partial charge in [-0.1, -0.05) is 60.7 Å². The number of carbonyl (C=O) groups is 1. The number of fused-ring (bicyclic) bond motifs is 1. The highest BCUT2D eigenvalue weighted by Gasteiger charge is 2.29. The molecule has 0 bridgehead atoms. The Balaban J connectivity index is 1.58. The second-order valence-corrected chi connectivity index (χ2v) is 9.73. The normalized spacial score (nSPS) is 12.4. The predicted molar refractivity (Wildman–Crippen MR) is 124 cm³/mol. The van der Waals surface area contributed by atoms with Crippen LogP contribution in [0, 0.1) is 0 Å².